The van der Waals surface area contributed by atoms with Crippen molar-refractivity contribution in [3.8, 4) is 11.1 Å². The van der Waals surface area contributed by atoms with Crippen molar-refractivity contribution in [2.24, 2.45) is 0 Å². The number of aldehydes is 1. The minimum Gasteiger partial charge on any atom is -0.303 e. The van der Waals surface area contributed by atoms with Gasteiger partial charge in [0.2, 0.25) is 0 Å². The van der Waals surface area contributed by atoms with Gasteiger partial charge in [0.15, 0.2) is 5.78 Å². The molecule has 0 bridgehead atoms. The first-order valence-corrected chi connectivity index (χ1v) is 6.84. The van der Waals surface area contributed by atoms with Crippen molar-refractivity contribution >= 4 is 12.1 Å². The van der Waals surface area contributed by atoms with Crippen LogP contribution in [0, 0.1) is 0 Å². The quantitative estimate of drug-likeness (QED) is 0.448. The van der Waals surface area contributed by atoms with E-state index in [9.17, 15) is 9.59 Å². The minimum atomic E-state index is 0.0853. The highest BCUT2D eigenvalue weighted by atomic mass is 16.1. The van der Waals surface area contributed by atoms with Crippen LogP contribution in [0.4, 0.5) is 0 Å². The predicted molar refractivity (Wildman–Crippen MR) is 80.9 cm³/mol. The molecule has 2 nitrogen and oxygen atoms in total. The Morgan fingerprint density at radius 3 is 2.00 bits per heavy atom. The van der Waals surface area contributed by atoms with Crippen molar-refractivity contribution in [1.82, 2.24) is 0 Å². The van der Waals surface area contributed by atoms with E-state index < -0.39 is 0 Å². The van der Waals surface area contributed by atoms with Crippen LogP contribution >= 0.6 is 0 Å². The number of carbonyl (C=O) groups is 2. The van der Waals surface area contributed by atoms with Crippen LogP contribution in [0.15, 0.2) is 48.5 Å². The van der Waals surface area contributed by atoms with Gasteiger partial charge in [-0.1, -0.05) is 48.5 Å². The Balaban J connectivity index is 2.09. The van der Waals surface area contributed by atoms with E-state index in [1.54, 1.807) is 6.92 Å². The normalized spacial score (nSPS) is 10.2. The number of carbonyl (C=O) groups excluding carboxylic acids is 2. The second-order valence-corrected chi connectivity index (χ2v) is 4.89. The molecule has 0 aromatic heterocycles. The summed E-state index contributed by atoms with van der Waals surface area (Å²) in [5.41, 5.74) is 4.23. The summed E-state index contributed by atoms with van der Waals surface area (Å²) in [5.74, 6) is 0.0853. The highest BCUT2D eigenvalue weighted by Crippen LogP contribution is 2.21. The van der Waals surface area contributed by atoms with Gasteiger partial charge in [-0.15, -0.1) is 0 Å². The predicted octanol–water partition coefficient (Wildman–Crippen LogP) is 4.08. The van der Waals surface area contributed by atoms with Gasteiger partial charge < -0.3 is 4.79 Å². The van der Waals surface area contributed by atoms with Crippen LogP contribution < -0.4 is 0 Å². The highest BCUT2D eigenvalue weighted by Gasteiger charge is 2.01. The van der Waals surface area contributed by atoms with Crippen molar-refractivity contribution in [1.29, 1.82) is 0 Å². The molecule has 0 heterocycles. The fraction of sp³-hybridized carbons (Fsp3) is 0.222. The first-order valence-electron chi connectivity index (χ1n) is 6.84. The molecular formula is C18H18O2. The molecular weight excluding hydrogens is 248 g/mol. The first kappa shape index (κ1) is 14.2. The van der Waals surface area contributed by atoms with Gasteiger partial charge in [-0.25, -0.2) is 0 Å². The van der Waals surface area contributed by atoms with E-state index in [4.69, 9.17) is 0 Å². The maximum Gasteiger partial charge on any atom is 0.159 e. The van der Waals surface area contributed by atoms with Crippen LogP contribution in [-0.4, -0.2) is 12.1 Å². The molecule has 0 saturated heterocycles. The van der Waals surface area contributed by atoms with Crippen molar-refractivity contribution in [2.75, 3.05) is 0 Å². The molecule has 2 rings (SSSR count). The van der Waals surface area contributed by atoms with E-state index in [0.717, 1.165) is 35.8 Å². The number of rotatable bonds is 6. The largest absolute Gasteiger partial charge is 0.303 e. The molecule has 0 atom stereocenters. The highest BCUT2D eigenvalue weighted by molar-refractivity contribution is 5.94. The van der Waals surface area contributed by atoms with E-state index in [-0.39, 0.29) is 5.78 Å². The molecule has 0 unspecified atom stereocenters. The van der Waals surface area contributed by atoms with E-state index in [1.807, 2.05) is 24.3 Å². The summed E-state index contributed by atoms with van der Waals surface area (Å²) in [4.78, 5) is 21.5. The fourth-order valence-corrected chi connectivity index (χ4v) is 2.15. The SMILES string of the molecule is CC(=O)c1ccc(-c2ccc(CCCC=O)cc2)cc1. The van der Waals surface area contributed by atoms with Gasteiger partial charge in [0.05, 0.1) is 0 Å². The van der Waals surface area contributed by atoms with Crippen LogP contribution in [0.2, 0.25) is 0 Å². The Labute approximate surface area is 119 Å². The summed E-state index contributed by atoms with van der Waals surface area (Å²) in [6.07, 6.45) is 3.41. The molecule has 20 heavy (non-hydrogen) atoms. The molecule has 102 valence electrons. The molecule has 0 aliphatic rings. The minimum absolute atomic E-state index is 0.0853. The summed E-state index contributed by atoms with van der Waals surface area (Å²) < 4.78 is 0. The number of benzene rings is 2. The topological polar surface area (TPSA) is 34.1 Å². The number of unbranched alkanes of at least 4 members (excludes halogenated alkanes) is 1. The smallest absolute Gasteiger partial charge is 0.159 e. The monoisotopic (exact) mass is 266 g/mol. The van der Waals surface area contributed by atoms with Gasteiger partial charge in [0, 0.05) is 12.0 Å². The third-order valence-electron chi connectivity index (χ3n) is 3.37. The fourth-order valence-electron chi connectivity index (χ4n) is 2.15. The summed E-state index contributed by atoms with van der Waals surface area (Å²) >= 11 is 0. The Bertz CT molecular complexity index is 580. The lowest BCUT2D eigenvalue weighted by Gasteiger charge is -2.05. The van der Waals surface area contributed by atoms with Gasteiger partial charge in [-0.05, 0) is 36.5 Å². The summed E-state index contributed by atoms with van der Waals surface area (Å²) in [5, 5.41) is 0. The van der Waals surface area contributed by atoms with Gasteiger partial charge in [-0.2, -0.15) is 0 Å². The van der Waals surface area contributed by atoms with E-state index in [1.165, 1.54) is 5.56 Å². The zero-order chi connectivity index (χ0) is 14.4. The number of aryl methyl sites for hydroxylation is 1. The average molecular weight is 266 g/mol. The van der Waals surface area contributed by atoms with E-state index in [0.29, 0.717) is 6.42 Å². The average Bonchev–Trinajstić information content (AvgIpc) is 2.48. The van der Waals surface area contributed by atoms with Crippen LogP contribution in [0.25, 0.3) is 11.1 Å². The number of ketones is 1. The van der Waals surface area contributed by atoms with Crippen molar-refractivity contribution in [3.63, 3.8) is 0 Å². The molecule has 2 heteroatoms. The van der Waals surface area contributed by atoms with Crippen LogP contribution in [-0.2, 0) is 11.2 Å². The van der Waals surface area contributed by atoms with Crippen LogP contribution in [0.1, 0.15) is 35.7 Å². The van der Waals surface area contributed by atoms with Gasteiger partial charge in [-0.3, -0.25) is 4.79 Å². The van der Waals surface area contributed by atoms with Crippen molar-refractivity contribution in [3.05, 3.63) is 59.7 Å². The van der Waals surface area contributed by atoms with Gasteiger partial charge >= 0.3 is 0 Å². The maximum atomic E-state index is 11.2. The van der Waals surface area contributed by atoms with Gasteiger partial charge in [0.25, 0.3) is 0 Å². The lowest BCUT2D eigenvalue weighted by molar-refractivity contribution is -0.107. The second kappa shape index (κ2) is 6.80. The number of Topliss-reactive ketones (excluding diaryl/α,β-unsaturated/α-hetero) is 1. The summed E-state index contributed by atoms with van der Waals surface area (Å²) in [7, 11) is 0. The first-order chi connectivity index (χ1) is 9.70. The third-order valence-corrected chi connectivity index (χ3v) is 3.37. The molecule has 2 aromatic carbocycles. The lowest BCUT2D eigenvalue weighted by atomic mass is 10.00. The molecule has 0 amide bonds. The van der Waals surface area contributed by atoms with E-state index >= 15 is 0 Å². The van der Waals surface area contributed by atoms with Gasteiger partial charge in [0.1, 0.15) is 6.29 Å². The van der Waals surface area contributed by atoms with Crippen molar-refractivity contribution < 1.29 is 9.59 Å². The molecule has 0 fully saturated rings. The standard InChI is InChI=1S/C18H18O2/c1-14(20)16-9-11-18(12-10-16)17-7-5-15(6-8-17)4-2-3-13-19/h5-13H,2-4H2,1H3. The van der Waals surface area contributed by atoms with Crippen molar-refractivity contribution in [2.45, 2.75) is 26.2 Å². The molecule has 0 aliphatic heterocycles. The second-order valence-electron chi connectivity index (χ2n) is 4.89. The molecule has 2 aromatic rings. The summed E-state index contributed by atoms with van der Waals surface area (Å²) in [6, 6.07) is 16.0. The van der Waals surface area contributed by atoms with Crippen LogP contribution in [0.3, 0.4) is 0 Å². The Morgan fingerprint density at radius 2 is 1.50 bits per heavy atom. The Morgan fingerprint density at radius 1 is 0.950 bits per heavy atom. The number of hydrogen-bond donors (Lipinski definition) is 0. The Kier molecular flexibility index (Phi) is 4.83. The lowest BCUT2D eigenvalue weighted by Crippen LogP contribution is -1.91. The number of hydrogen-bond acceptors (Lipinski definition) is 2. The zero-order valence-corrected chi connectivity index (χ0v) is 11.6. The van der Waals surface area contributed by atoms with Crippen LogP contribution in [0.5, 0.6) is 0 Å². The molecule has 0 spiro atoms. The molecule has 0 aliphatic carbocycles. The molecule has 0 N–H and O–H groups in total. The summed E-state index contributed by atoms with van der Waals surface area (Å²) in [6.45, 7) is 1.57. The Hall–Kier alpha value is -2.22. The maximum absolute atomic E-state index is 11.2. The third kappa shape index (κ3) is 3.64. The zero-order valence-electron chi connectivity index (χ0n) is 11.6. The van der Waals surface area contributed by atoms with E-state index in [2.05, 4.69) is 24.3 Å². The molecule has 0 saturated carbocycles. The molecule has 0 radical (unpaired) electrons.